The van der Waals surface area contributed by atoms with Crippen LogP contribution in [0.4, 0.5) is 0 Å². The fourth-order valence-electron chi connectivity index (χ4n) is 1.90. The average molecular weight is 341 g/mol. The fourth-order valence-corrected chi connectivity index (χ4v) is 2.16. The summed E-state index contributed by atoms with van der Waals surface area (Å²) in [6, 6.07) is 3.30. The molecule has 0 saturated heterocycles. The molecule has 0 aliphatic heterocycles. The molecule has 0 N–H and O–H groups in total. The van der Waals surface area contributed by atoms with E-state index in [1.165, 1.54) is 18.8 Å². The highest BCUT2D eigenvalue weighted by Crippen LogP contribution is 2.30. The molecule has 0 aliphatic rings. The third-order valence-corrected chi connectivity index (χ3v) is 3.48. The number of carbonyl (C=O) groups is 1. The highest BCUT2D eigenvalue weighted by atomic mass is 79.9. The molecule has 106 valence electrons. The van der Waals surface area contributed by atoms with Gasteiger partial charge in [-0.25, -0.2) is 4.98 Å². The lowest BCUT2D eigenvalue weighted by atomic mass is 10.2. The van der Waals surface area contributed by atoms with Crippen LogP contribution in [0.3, 0.4) is 0 Å². The van der Waals surface area contributed by atoms with E-state index in [0.29, 0.717) is 22.5 Å². The molecule has 1 aromatic carbocycles. The normalized spacial score (nSPS) is 10.6. The van der Waals surface area contributed by atoms with Crippen molar-refractivity contribution in [2.24, 2.45) is 7.05 Å². The summed E-state index contributed by atoms with van der Waals surface area (Å²) in [5.74, 6) is 0.627. The molecule has 1 aromatic heterocycles. The van der Waals surface area contributed by atoms with Crippen molar-refractivity contribution >= 4 is 32.7 Å². The predicted molar refractivity (Wildman–Crippen MR) is 78.2 cm³/mol. The third-order valence-electron chi connectivity index (χ3n) is 2.97. The van der Waals surface area contributed by atoms with Gasteiger partial charge in [0.1, 0.15) is 0 Å². The number of ketones is 1. The molecule has 0 atom stereocenters. The van der Waals surface area contributed by atoms with Crippen molar-refractivity contribution < 1.29 is 14.3 Å². The molecule has 0 unspecified atom stereocenters. The number of rotatable bonds is 4. The molecular weight excluding hydrogens is 328 g/mol. The topological polar surface area (TPSA) is 70.4 Å². The van der Waals surface area contributed by atoms with Gasteiger partial charge in [-0.05, 0) is 0 Å². The summed E-state index contributed by atoms with van der Waals surface area (Å²) in [5, 5.41) is 0.0496. The van der Waals surface area contributed by atoms with Crippen LogP contribution in [0.2, 0.25) is 0 Å². The van der Waals surface area contributed by atoms with E-state index in [-0.39, 0.29) is 16.8 Å². The summed E-state index contributed by atoms with van der Waals surface area (Å²) < 4.78 is 11.8. The lowest BCUT2D eigenvalue weighted by molar-refractivity contribution is 0.101. The van der Waals surface area contributed by atoms with Crippen molar-refractivity contribution in [1.29, 1.82) is 0 Å². The molecule has 0 spiro atoms. The van der Waals surface area contributed by atoms with Crippen LogP contribution in [0.1, 0.15) is 10.5 Å². The van der Waals surface area contributed by atoms with Crippen molar-refractivity contribution in [3.8, 4) is 11.5 Å². The number of hydrogen-bond acceptors (Lipinski definition) is 5. The summed E-state index contributed by atoms with van der Waals surface area (Å²) in [4.78, 5) is 28.0. The number of aromatic nitrogens is 2. The van der Waals surface area contributed by atoms with Gasteiger partial charge in [0, 0.05) is 19.2 Å². The molecule has 20 heavy (non-hydrogen) atoms. The molecule has 7 heteroatoms. The number of fused-ring (bicyclic) bond motifs is 1. The monoisotopic (exact) mass is 340 g/mol. The smallest absolute Gasteiger partial charge is 0.280 e. The summed E-state index contributed by atoms with van der Waals surface area (Å²) >= 11 is 3.04. The van der Waals surface area contributed by atoms with E-state index in [1.807, 2.05) is 0 Å². The number of methoxy groups -OCH3 is 2. The van der Waals surface area contributed by atoms with E-state index in [4.69, 9.17) is 9.47 Å². The minimum Gasteiger partial charge on any atom is -0.493 e. The van der Waals surface area contributed by atoms with Crippen molar-refractivity contribution in [3.63, 3.8) is 0 Å². The quantitative estimate of drug-likeness (QED) is 0.623. The standard InChI is InChI=1S/C13H13BrN2O4/c1-16-8-5-11(20-3)10(19-2)4-7(8)15-12(13(16)18)9(17)6-14/h4-5H,6H2,1-3H3. The Kier molecular flexibility index (Phi) is 4.08. The van der Waals surface area contributed by atoms with Crippen LogP contribution in [0.5, 0.6) is 11.5 Å². The number of benzene rings is 1. The maximum absolute atomic E-state index is 12.1. The summed E-state index contributed by atoms with van der Waals surface area (Å²) in [6.07, 6.45) is 0. The maximum atomic E-state index is 12.1. The molecule has 0 aliphatic carbocycles. The lowest BCUT2D eigenvalue weighted by Crippen LogP contribution is -2.27. The maximum Gasteiger partial charge on any atom is 0.280 e. The van der Waals surface area contributed by atoms with Gasteiger partial charge in [0.25, 0.3) is 5.56 Å². The highest BCUT2D eigenvalue weighted by Gasteiger charge is 2.17. The van der Waals surface area contributed by atoms with E-state index in [0.717, 1.165) is 0 Å². The number of ether oxygens (including phenoxy) is 2. The molecule has 6 nitrogen and oxygen atoms in total. The van der Waals surface area contributed by atoms with E-state index >= 15 is 0 Å². The molecule has 1 heterocycles. The fraction of sp³-hybridized carbons (Fsp3) is 0.308. The van der Waals surface area contributed by atoms with Gasteiger partial charge in [0.05, 0.1) is 30.6 Å². The second-order valence-corrected chi connectivity index (χ2v) is 4.64. The van der Waals surface area contributed by atoms with Gasteiger partial charge in [-0.1, -0.05) is 15.9 Å². The van der Waals surface area contributed by atoms with Crippen LogP contribution in [0, 0.1) is 0 Å². The Hall–Kier alpha value is -1.89. The zero-order chi connectivity index (χ0) is 14.9. The average Bonchev–Trinajstić information content (AvgIpc) is 2.48. The van der Waals surface area contributed by atoms with E-state index in [1.54, 1.807) is 19.2 Å². The molecule has 0 bridgehead atoms. The summed E-state index contributed by atoms with van der Waals surface area (Å²) in [7, 11) is 4.61. The van der Waals surface area contributed by atoms with Gasteiger partial charge < -0.3 is 14.0 Å². The van der Waals surface area contributed by atoms with Gasteiger partial charge in [-0.2, -0.15) is 0 Å². The van der Waals surface area contributed by atoms with Gasteiger partial charge >= 0.3 is 0 Å². The van der Waals surface area contributed by atoms with Gasteiger partial charge in [-0.15, -0.1) is 0 Å². The van der Waals surface area contributed by atoms with E-state index in [9.17, 15) is 9.59 Å². The van der Waals surface area contributed by atoms with Crippen molar-refractivity contribution in [2.75, 3.05) is 19.5 Å². The number of carbonyl (C=O) groups excluding carboxylic acids is 1. The second-order valence-electron chi connectivity index (χ2n) is 4.08. The van der Waals surface area contributed by atoms with Crippen LogP contribution in [-0.2, 0) is 7.05 Å². The first-order valence-corrected chi connectivity index (χ1v) is 6.87. The van der Waals surface area contributed by atoms with E-state index < -0.39 is 5.56 Å². The largest absolute Gasteiger partial charge is 0.493 e. The zero-order valence-corrected chi connectivity index (χ0v) is 12.9. The number of aryl methyl sites for hydroxylation is 1. The molecule has 0 fully saturated rings. The number of alkyl halides is 1. The Morgan fingerprint density at radius 1 is 1.30 bits per heavy atom. The SMILES string of the molecule is COc1cc2nc(C(=O)CBr)c(=O)n(C)c2cc1OC. The van der Waals surface area contributed by atoms with Crippen molar-refractivity contribution in [3.05, 3.63) is 28.2 Å². The second kappa shape index (κ2) is 5.62. The Morgan fingerprint density at radius 3 is 2.45 bits per heavy atom. The first-order valence-electron chi connectivity index (χ1n) is 5.75. The van der Waals surface area contributed by atoms with Crippen molar-refractivity contribution in [1.82, 2.24) is 9.55 Å². The first-order chi connectivity index (χ1) is 9.53. The van der Waals surface area contributed by atoms with Crippen LogP contribution >= 0.6 is 15.9 Å². The van der Waals surface area contributed by atoms with E-state index in [2.05, 4.69) is 20.9 Å². The lowest BCUT2D eigenvalue weighted by Gasteiger charge is -2.11. The molecule has 0 radical (unpaired) electrons. The number of hydrogen-bond donors (Lipinski definition) is 0. The molecule has 0 saturated carbocycles. The Bertz CT molecular complexity index is 739. The Labute approximate surface area is 123 Å². The summed E-state index contributed by atoms with van der Waals surface area (Å²) in [5.41, 5.74) is 0.533. The Balaban J connectivity index is 2.83. The number of nitrogens with zero attached hydrogens (tertiary/aromatic N) is 2. The third kappa shape index (κ3) is 2.29. The molecule has 2 rings (SSSR count). The number of Topliss-reactive ketones (excluding diaryl/α,β-unsaturated/α-hetero) is 1. The number of halogens is 1. The minimum absolute atomic E-state index is 0.0496. The molecular formula is C13H13BrN2O4. The predicted octanol–water partition coefficient (Wildman–Crippen LogP) is 1.53. The van der Waals surface area contributed by atoms with Crippen LogP contribution < -0.4 is 15.0 Å². The first kappa shape index (κ1) is 14.5. The highest BCUT2D eigenvalue weighted by molar-refractivity contribution is 9.09. The Morgan fingerprint density at radius 2 is 1.90 bits per heavy atom. The van der Waals surface area contributed by atoms with Crippen LogP contribution in [-0.4, -0.2) is 34.9 Å². The van der Waals surface area contributed by atoms with Crippen molar-refractivity contribution in [2.45, 2.75) is 0 Å². The molecule has 0 amide bonds. The summed E-state index contributed by atoms with van der Waals surface area (Å²) in [6.45, 7) is 0. The van der Waals surface area contributed by atoms with Gasteiger partial charge in [0.15, 0.2) is 23.0 Å². The van der Waals surface area contributed by atoms with Gasteiger partial charge in [-0.3, -0.25) is 9.59 Å². The zero-order valence-electron chi connectivity index (χ0n) is 11.3. The van der Waals surface area contributed by atoms with Crippen LogP contribution in [0.25, 0.3) is 11.0 Å². The minimum atomic E-state index is -0.436. The van der Waals surface area contributed by atoms with Crippen LogP contribution in [0.15, 0.2) is 16.9 Å². The molecule has 2 aromatic rings. The van der Waals surface area contributed by atoms with Gasteiger partial charge in [0.2, 0.25) is 0 Å².